The molecule has 2 aromatic heterocycles. The van der Waals surface area contributed by atoms with Crippen LogP contribution in [0.5, 0.6) is 17.2 Å². The van der Waals surface area contributed by atoms with Gasteiger partial charge >= 0.3 is 0 Å². The second kappa shape index (κ2) is 13.4. The normalized spacial score (nSPS) is 14.3. The van der Waals surface area contributed by atoms with Crippen LogP contribution >= 0.6 is 0 Å². The molecule has 9 nitrogen and oxygen atoms in total. The van der Waals surface area contributed by atoms with E-state index in [1.54, 1.807) is 29.4 Å². The average Bonchev–Trinajstić information content (AvgIpc) is 3.43. The lowest BCUT2D eigenvalue weighted by molar-refractivity contribution is -0.141. The molecule has 2 N–H and O–H groups in total. The Kier molecular flexibility index (Phi) is 9.26. The number of hydrogen-bond donors (Lipinski definition) is 2. The maximum atomic E-state index is 14.3. The van der Waals surface area contributed by atoms with Crippen molar-refractivity contribution in [1.82, 2.24) is 20.2 Å². The molecule has 220 valence electrons. The number of hydrogen-bond acceptors (Lipinski definition) is 6. The van der Waals surface area contributed by atoms with Crippen LogP contribution in [0.15, 0.2) is 67.1 Å². The van der Waals surface area contributed by atoms with E-state index in [0.29, 0.717) is 22.8 Å². The fourth-order valence-electron chi connectivity index (χ4n) is 5.81. The number of aromatic nitrogens is 2. The van der Waals surface area contributed by atoms with Gasteiger partial charge in [0.05, 0.1) is 27.8 Å². The van der Waals surface area contributed by atoms with Crippen LogP contribution in [-0.2, 0) is 22.6 Å². The topological polar surface area (TPSA) is 106 Å². The molecular weight excluding hydrogens is 532 g/mol. The molecule has 2 heterocycles. The van der Waals surface area contributed by atoms with Crippen LogP contribution in [0.4, 0.5) is 0 Å². The van der Waals surface area contributed by atoms with Crippen molar-refractivity contribution in [3.8, 4) is 17.2 Å². The van der Waals surface area contributed by atoms with Crippen molar-refractivity contribution in [2.45, 2.75) is 57.2 Å². The number of fused-ring (bicyclic) bond motifs is 1. The number of H-pyrrole nitrogens is 1. The predicted octanol–water partition coefficient (Wildman–Crippen LogP) is 5.35. The summed E-state index contributed by atoms with van der Waals surface area (Å²) in [5.41, 5.74) is 3.19. The number of methoxy groups -OCH3 is 3. The minimum Gasteiger partial charge on any atom is -0.493 e. The Morgan fingerprint density at radius 3 is 2.40 bits per heavy atom. The summed E-state index contributed by atoms with van der Waals surface area (Å²) in [4.78, 5) is 37.8. The Balaban J connectivity index is 1.59. The first-order valence-corrected chi connectivity index (χ1v) is 14.4. The monoisotopic (exact) mass is 570 g/mol. The number of benzene rings is 2. The molecule has 0 spiro atoms. The van der Waals surface area contributed by atoms with Gasteiger partial charge in [0.1, 0.15) is 6.04 Å². The van der Waals surface area contributed by atoms with Gasteiger partial charge in [-0.05, 0) is 53.8 Å². The number of carbonyl (C=O) groups is 2. The van der Waals surface area contributed by atoms with E-state index < -0.39 is 6.04 Å². The minimum absolute atomic E-state index is 0.0553. The number of para-hydroxylation sites is 1. The van der Waals surface area contributed by atoms with Crippen LogP contribution in [0.25, 0.3) is 10.9 Å². The van der Waals surface area contributed by atoms with Crippen molar-refractivity contribution >= 4 is 22.7 Å². The first kappa shape index (κ1) is 29.0. The summed E-state index contributed by atoms with van der Waals surface area (Å²) in [6.07, 6.45) is 10.5. The lowest BCUT2D eigenvalue weighted by Crippen LogP contribution is -2.47. The van der Waals surface area contributed by atoms with Crippen molar-refractivity contribution in [2.75, 3.05) is 21.3 Å². The van der Waals surface area contributed by atoms with Crippen molar-refractivity contribution in [2.24, 2.45) is 0 Å². The van der Waals surface area contributed by atoms with Crippen LogP contribution in [0, 0.1) is 0 Å². The highest BCUT2D eigenvalue weighted by molar-refractivity contribution is 5.92. The predicted molar refractivity (Wildman–Crippen MR) is 161 cm³/mol. The van der Waals surface area contributed by atoms with Crippen LogP contribution < -0.4 is 19.5 Å². The van der Waals surface area contributed by atoms with Gasteiger partial charge < -0.3 is 29.4 Å². The third kappa shape index (κ3) is 6.35. The van der Waals surface area contributed by atoms with Crippen LogP contribution in [-0.4, -0.2) is 54.1 Å². The van der Waals surface area contributed by atoms with Crippen molar-refractivity contribution < 1.29 is 23.8 Å². The largest absolute Gasteiger partial charge is 0.493 e. The van der Waals surface area contributed by atoms with Gasteiger partial charge in [-0.15, -0.1) is 0 Å². The standard InChI is InChI=1S/C33H38N4O5/c1-40-28-16-23(17-29(41-2)32(28)42-3)31(33(39)36-25-11-5-4-6-12-25)37(21-22-10-9-15-34-19-22)30(38)18-24-20-35-27-14-8-7-13-26(24)27/h7-10,13-17,19-20,25,31,35H,4-6,11-12,18,21H2,1-3H3,(H,36,39)/t31-/m0/s1. The van der Waals surface area contributed by atoms with E-state index in [2.05, 4.69) is 15.3 Å². The molecule has 1 aliphatic rings. The number of pyridine rings is 1. The fraction of sp³-hybridized carbons (Fsp3) is 0.364. The van der Waals surface area contributed by atoms with Gasteiger partial charge in [-0.2, -0.15) is 0 Å². The van der Waals surface area contributed by atoms with Crippen LogP contribution in [0.3, 0.4) is 0 Å². The van der Waals surface area contributed by atoms with Gasteiger partial charge in [0.25, 0.3) is 0 Å². The summed E-state index contributed by atoms with van der Waals surface area (Å²) in [5.74, 6) is 0.799. The highest BCUT2D eigenvalue weighted by atomic mass is 16.5. The molecule has 1 fully saturated rings. The molecule has 5 rings (SSSR count). The van der Waals surface area contributed by atoms with E-state index in [-0.39, 0.29) is 30.8 Å². The summed E-state index contributed by atoms with van der Waals surface area (Å²) in [6, 6.07) is 14.2. The number of amides is 2. The number of carbonyl (C=O) groups excluding carboxylic acids is 2. The van der Waals surface area contributed by atoms with Gasteiger partial charge in [-0.25, -0.2) is 0 Å². The molecule has 9 heteroatoms. The summed E-state index contributed by atoms with van der Waals surface area (Å²) in [7, 11) is 4.61. The third-order valence-electron chi connectivity index (χ3n) is 7.93. The lowest BCUT2D eigenvalue weighted by atomic mass is 9.94. The van der Waals surface area contributed by atoms with Crippen LogP contribution in [0.2, 0.25) is 0 Å². The quantitative estimate of drug-likeness (QED) is 0.252. The number of aromatic amines is 1. The molecule has 0 radical (unpaired) electrons. The first-order valence-electron chi connectivity index (χ1n) is 14.4. The summed E-state index contributed by atoms with van der Waals surface area (Å²) < 4.78 is 16.8. The number of rotatable bonds is 11. The summed E-state index contributed by atoms with van der Waals surface area (Å²) in [5, 5.41) is 4.24. The number of ether oxygens (including phenoxy) is 3. The Labute approximate surface area is 246 Å². The van der Waals surface area contributed by atoms with Gasteiger partial charge in [0.2, 0.25) is 17.6 Å². The molecule has 42 heavy (non-hydrogen) atoms. The molecule has 0 bridgehead atoms. The van der Waals surface area contributed by atoms with E-state index in [4.69, 9.17) is 14.2 Å². The van der Waals surface area contributed by atoms with Gasteiger partial charge in [-0.1, -0.05) is 43.5 Å². The lowest BCUT2D eigenvalue weighted by Gasteiger charge is -2.34. The van der Waals surface area contributed by atoms with E-state index in [9.17, 15) is 9.59 Å². The SMILES string of the molecule is COc1cc([C@@H](C(=O)NC2CCCCC2)N(Cc2cccnc2)C(=O)Cc2c[nH]c3ccccc23)cc(OC)c1OC. The molecule has 1 aliphatic carbocycles. The number of nitrogens with one attached hydrogen (secondary N) is 2. The highest BCUT2D eigenvalue weighted by Crippen LogP contribution is 2.41. The molecule has 4 aromatic rings. The molecule has 1 atom stereocenters. The van der Waals surface area contributed by atoms with Gasteiger partial charge in [0.15, 0.2) is 11.5 Å². The van der Waals surface area contributed by atoms with E-state index in [1.807, 2.05) is 42.6 Å². The number of nitrogens with zero attached hydrogens (tertiary/aromatic N) is 2. The minimum atomic E-state index is -0.960. The summed E-state index contributed by atoms with van der Waals surface area (Å²) >= 11 is 0. The third-order valence-corrected chi connectivity index (χ3v) is 7.93. The maximum absolute atomic E-state index is 14.3. The van der Waals surface area contributed by atoms with Gasteiger partial charge in [-0.3, -0.25) is 14.6 Å². The molecular formula is C33H38N4O5. The Hall–Kier alpha value is -4.53. The van der Waals surface area contributed by atoms with Crippen molar-refractivity contribution in [3.63, 3.8) is 0 Å². The fourth-order valence-corrected chi connectivity index (χ4v) is 5.81. The maximum Gasteiger partial charge on any atom is 0.247 e. The van der Waals surface area contributed by atoms with Crippen LogP contribution in [0.1, 0.15) is 54.8 Å². The average molecular weight is 571 g/mol. The molecule has 1 saturated carbocycles. The second-order valence-corrected chi connectivity index (χ2v) is 10.6. The van der Waals surface area contributed by atoms with E-state index >= 15 is 0 Å². The smallest absolute Gasteiger partial charge is 0.247 e. The summed E-state index contributed by atoms with van der Waals surface area (Å²) in [6.45, 7) is 0.189. The zero-order valence-electron chi connectivity index (χ0n) is 24.4. The van der Waals surface area contributed by atoms with E-state index in [1.165, 1.54) is 27.8 Å². The molecule has 0 saturated heterocycles. The Morgan fingerprint density at radius 2 is 1.74 bits per heavy atom. The van der Waals surface area contributed by atoms with Crippen molar-refractivity contribution in [3.05, 3.63) is 83.8 Å². The van der Waals surface area contributed by atoms with Gasteiger partial charge in [0, 0.05) is 42.1 Å². The Bertz CT molecular complexity index is 1490. The molecule has 2 aromatic carbocycles. The molecule has 0 aliphatic heterocycles. The molecule has 2 amide bonds. The second-order valence-electron chi connectivity index (χ2n) is 10.6. The highest BCUT2D eigenvalue weighted by Gasteiger charge is 2.35. The Morgan fingerprint density at radius 1 is 1.00 bits per heavy atom. The molecule has 0 unspecified atom stereocenters. The zero-order chi connectivity index (χ0) is 29.5. The first-order chi connectivity index (χ1) is 20.5. The van der Waals surface area contributed by atoms with E-state index in [0.717, 1.165) is 47.7 Å². The zero-order valence-corrected chi connectivity index (χ0v) is 24.4. The van der Waals surface area contributed by atoms with Crippen molar-refractivity contribution in [1.29, 1.82) is 0 Å².